The first kappa shape index (κ1) is 15.4. The number of hydrogen-bond donors (Lipinski definition) is 1. The molecule has 1 N–H and O–H groups in total. The molecule has 23 heavy (non-hydrogen) atoms. The van der Waals surface area contributed by atoms with Gasteiger partial charge in [0.25, 0.3) is 11.5 Å². The highest BCUT2D eigenvalue weighted by molar-refractivity contribution is 9.10. The van der Waals surface area contributed by atoms with Gasteiger partial charge >= 0.3 is 0 Å². The SMILES string of the molecule is CCn1c(=O)c(C(=O)Nc2cccc(Br)c2)cc2cccnc21. The highest BCUT2D eigenvalue weighted by atomic mass is 79.9. The van der Waals surface area contributed by atoms with Crippen molar-refractivity contribution >= 4 is 38.6 Å². The molecule has 0 atom stereocenters. The largest absolute Gasteiger partial charge is 0.322 e. The zero-order valence-electron chi connectivity index (χ0n) is 12.4. The van der Waals surface area contributed by atoms with Gasteiger partial charge in [0.05, 0.1) is 0 Å². The van der Waals surface area contributed by atoms with Crippen molar-refractivity contribution in [2.24, 2.45) is 0 Å². The molecule has 0 aliphatic rings. The number of fused-ring (bicyclic) bond motifs is 1. The average molecular weight is 372 g/mol. The van der Waals surface area contributed by atoms with Gasteiger partial charge < -0.3 is 5.32 Å². The Balaban J connectivity index is 2.07. The number of nitrogens with zero attached hydrogens (tertiary/aromatic N) is 2. The van der Waals surface area contributed by atoms with Gasteiger partial charge in [-0.05, 0) is 43.3 Å². The molecule has 0 radical (unpaired) electrons. The zero-order valence-corrected chi connectivity index (χ0v) is 14.0. The molecule has 0 unspecified atom stereocenters. The van der Waals surface area contributed by atoms with E-state index >= 15 is 0 Å². The predicted octanol–water partition coefficient (Wildman–Crippen LogP) is 3.43. The van der Waals surface area contributed by atoms with Gasteiger partial charge in [0, 0.05) is 28.3 Å². The lowest BCUT2D eigenvalue weighted by Crippen LogP contribution is -2.29. The molecule has 0 spiro atoms. The van der Waals surface area contributed by atoms with Crippen LogP contribution in [0.3, 0.4) is 0 Å². The van der Waals surface area contributed by atoms with Crippen LogP contribution in [0.15, 0.2) is 57.9 Å². The third-order valence-corrected chi connectivity index (χ3v) is 3.98. The molecule has 3 aromatic rings. The number of carbonyl (C=O) groups excluding carboxylic acids is 1. The van der Waals surface area contributed by atoms with Crippen LogP contribution in [-0.4, -0.2) is 15.5 Å². The minimum Gasteiger partial charge on any atom is -0.322 e. The molecule has 5 nitrogen and oxygen atoms in total. The van der Waals surface area contributed by atoms with E-state index in [4.69, 9.17) is 0 Å². The Kier molecular flexibility index (Phi) is 4.25. The molecular formula is C17H14BrN3O2. The van der Waals surface area contributed by atoms with E-state index in [1.54, 1.807) is 30.5 Å². The number of carbonyl (C=O) groups is 1. The molecule has 1 amide bonds. The molecule has 0 fully saturated rings. The van der Waals surface area contributed by atoms with E-state index in [-0.39, 0.29) is 11.1 Å². The number of amides is 1. The molecule has 1 aromatic carbocycles. The van der Waals surface area contributed by atoms with Crippen molar-refractivity contribution in [3.8, 4) is 0 Å². The van der Waals surface area contributed by atoms with Gasteiger partial charge in [0.2, 0.25) is 0 Å². The fraction of sp³-hybridized carbons (Fsp3) is 0.118. The van der Waals surface area contributed by atoms with E-state index in [0.717, 1.165) is 9.86 Å². The van der Waals surface area contributed by atoms with E-state index in [9.17, 15) is 9.59 Å². The number of nitrogens with one attached hydrogen (secondary N) is 1. The maximum atomic E-state index is 12.6. The molecule has 0 saturated heterocycles. The molecule has 2 heterocycles. The van der Waals surface area contributed by atoms with Crippen LogP contribution in [0.5, 0.6) is 0 Å². The maximum absolute atomic E-state index is 12.6. The summed E-state index contributed by atoms with van der Waals surface area (Å²) in [5, 5.41) is 3.51. The fourth-order valence-electron chi connectivity index (χ4n) is 2.43. The Labute approximate surface area is 141 Å². The molecule has 0 aliphatic carbocycles. The van der Waals surface area contributed by atoms with Crippen molar-refractivity contribution < 1.29 is 4.79 Å². The van der Waals surface area contributed by atoms with Crippen molar-refractivity contribution in [3.63, 3.8) is 0 Å². The summed E-state index contributed by atoms with van der Waals surface area (Å²) in [5.74, 6) is -0.430. The summed E-state index contributed by atoms with van der Waals surface area (Å²) in [5.41, 5.74) is 0.968. The van der Waals surface area contributed by atoms with Gasteiger partial charge in [0.15, 0.2) is 0 Å². The minimum absolute atomic E-state index is 0.104. The summed E-state index contributed by atoms with van der Waals surface area (Å²) in [6, 6.07) is 12.4. The van der Waals surface area contributed by atoms with Gasteiger partial charge in [0.1, 0.15) is 11.2 Å². The molecule has 0 saturated carbocycles. The summed E-state index contributed by atoms with van der Waals surface area (Å²) in [6.07, 6.45) is 1.63. The van der Waals surface area contributed by atoms with Crippen molar-refractivity contribution in [2.75, 3.05) is 5.32 Å². The predicted molar refractivity (Wildman–Crippen MR) is 93.8 cm³/mol. The van der Waals surface area contributed by atoms with Gasteiger partial charge in [-0.15, -0.1) is 0 Å². The second-order valence-corrected chi connectivity index (χ2v) is 5.90. The van der Waals surface area contributed by atoms with Crippen molar-refractivity contribution in [2.45, 2.75) is 13.5 Å². The number of aromatic nitrogens is 2. The van der Waals surface area contributed by atoms with Crippen molar-refractivity contribution in [1.29, 1.82) is 0 Å². The smallest absolute Gasteiger partial charge is 0.265 e. The van der Waals surface area contributed by atoms with Crippen molar-refractivity contribution in [3.05, 3.63) is 69.1 Å². The Morgan fingerprint density at radius 1 is 1.26 bits per heavy atom. The molecule has 6 heteroatoms. The van der Waals surface area contributed by atoms with Gasteiger partial charge in [-0.2, -0.15) is 0 Å². The van der Waals surface area contributed by atoms with Crippen LogP contribution in [0.25, 0.3) is 11.0 Å². The summed E-state index contributed by atoms with van der Waals surface area (Å²) < 4.78 is 2.36. The van der Waals surface area contributed by atoms with Crippen LogP contribution in [0, 0.1) is 0 Å². The van der Waals surface area contributed by atoms with Crippen LogP contribution in [0.2, 0.25) is 0 Å². The van der Waals surface area contributed by atoms with E-state index in [1.165, 1.54) is 4.57 Å². The molecule has 116 valence electrons. The summed E-state index contributed by atoms with van der Waals surface area (Å²) >= 11 is 3.35. The lowest BCUT2D eigenvalue weighted by molar-refractivity contribution is 0.102. The number of benzene rings is 1. The van der Waals surface area contributed by atoms with Crippen LogP contribution < -0.4 is 10.9 Å². The minimum atomic E-state index is -0.430. The molecule has 3 rings (SSSR count). The molecule has 2 aromatic heterocycles. The zero-order chi connectivity index (χ0) is 16.4. The van der Waals surface area contributed by atoms with Crippen LogP contribution in [-0.2, 0) is 6.54 Å². The maximum Gasteiger partial charge on any atom is 0.265 e. The van der Waals surface area contributed by atoms with Gasteiger partial charge in [-0.25, -0.2) is 4.98 Å². The topological polar surface area (TPSA) is 64.0 Å². The number of hydrogen-bond acceptors (Lipinski definition) is 3. The average Bonchev–Trinajstić information content (AvgIpc) is 2.54. The summed E-state index contributed by atoms with van der Waals surface area (Å²) in [6.45, 7) is 2.30. The van der Waals surface area contributed by atoms with Crippen LogP contribution >= 0.6 is 15.9 Å². The van der Waals surface area contributed by atoms with E-state index in [1.807, 2.05) is 25.1 Å². The Bertz CT molecular complexity index is 950. The van der Waals surface area contributed by atoms with E-state index < -0.39 is 5.91 Å². The van der Waals surface area contributed by atoms with Crippen molar-refractivity contribution in [1.82, 2.24) is 9.55 Å². The highest BCUT2D eigenvalue weighted by Crippen LogP contribution is 2.17. The summed E-state index contributed by atoms with van der Waals surface area (Å²) in [7, 11) is 0. The standard InChI is InChI=1S/C17H14BrN3O2/c1-2-21-15-11(5-4-8-19-15)9-14(17(21)23)16(22)20-13-7-3-6-12(18)10-13/h3-10H,2H2,1H3,(H,20,22). The quantitative estimate of drug-likeness (QED) is 0.766. The summed E-state index contributed by atoms with van der Waals surface area (Å²) in [4.78, 5) is 29.3. The molecule has 0 bridgehead atoms. The first-order chi connectivity index (χ1) is 11.1. The number of rotatable bonds is 3. The van der Waals surface area contributed by atoms with Crippen LogP contribution in [0.1, 0.15) is 17.3 Å². The highest BCUT2D eigenvalue weighted by Gasteiger charge is 2.15. The third kappa shape index (κ3) is 3.03. The van der Waals surface area contributed by atoms with Crippen LogP contribution in [0.4, 0.5) is 5.69 Å². The Morgan fingerprint density at radius 3 is 2.83 bits per heavy atom. The third-order valence-electron chi connectivity index (χ3n) is 3.49. The number of halogens is 1. The fourth-order valence-corrected chi connectivity index (χ4v) is 2.83. The second-order valence-electron chi connectivity index (χ2n) is 4.99. The normalized spacial score (nSPS) is 10.7. The number of aryl methyl sites for hydroxylation is 1. The van der Waals surface area contributed by atoms with Gasteiger partial charge in [-0.3, -0.25) is 14.2 Å². The monoisotopic (exact) mass is 371 g/mol. The number of pyridine rings is 2. The van der Waals surface area contributed by atoms with Gasteiger partial charge in [-0.1, -0.05) is 22.0 Å². The first-order valence-electron chi connectivity index (χ1n) is 7.15. The lowest BCUT2D eigenvalue weighted by Gasteiger charge is -2.10. The molecule has 0 aliphatic heterocycles. The Morgan fingerprint density at radius 2 is 2.09 bits per heavy atom. The van der Waals surface area contributed by atoms with E-state index in [0.29, 0.717) is 17.9 Å². The second kappa shape index (κ2) is 6.34. The number of anilines is 1. The van der Waals surface area contributed by atoms with E-state index in [2.05, 4.69) is 26.2 Å². The first-order valence-corrected chi connectivity index (χ1v) is 7.95. The Hall–Kier alpha value is -2.47. The molecular weight excluding hydrogens is 358 g/mol. The lowest BCUT2D eigenvalue weighted by atomic mass is 10.2.